The molecule has 0 aliphatic carbocycles. The molecule has 0 fully saturated rings. The summed E-state index contributed by atoms with van der Waals surface area (Å²) in [6, 6.07) is 9.91. The fraction of sp³-hybridized carbons (Fsp3) is 0.333. The van der Waals surface area contributed by atoms with E-state index < -0.39 is 0 Å². The highest BCUT2D eigenvalue weighted by molar-refractivity contribution is 7.22. The summed E-state index contributed by atoms with van der Waals surface area (Å²) in [7, 11) is 0. The van der Waals surface area contributed by atoms with Crippen LogP contribution in [0.25, 0.3) is 20.5 Å². The van der Waals surface area contributed by atoms with Gasteiger partial charge in [-0.05, 0) is 18.4 Å². The van der Waals surface area contributed by atoms with Crippen LogP contribution in [0.3, 0.4) is 0 Å². The van der Waals surface area contributed by atoms with Crippen molar-refractivity contribution in [1.82, 2.24) is 9.97 Å². The Labute approximate surface area is 167 Å². The lowest BCUT2D eigenvalue weighted by atomic mass is 10.0. The normalized spacial score (nSPS) is 10.9. The van der Waals surface area contributed by atoms with Crippen molar-refractivity contribution in [2.24, 2.45) is 0 Å². The molecule has 0 radical (unpaired) electrons. The Morgan fingerprint density at radius 3 is 2.48 bits per heavy atom. The van der Waals surface area contributed by atoms with E-state index in [1.807, 2.05) is 42.6 Å². The van der Waals surface area contributed by atoms with Crippen LogP contribution in [-0.4, -0.2) is 21.5 Å². The lowest BCUT2D eigenvalue weighted by molar-refractivity contribution is -0.118. The number of nitrogens with zero attached hydrogens (tertiary/aromatic N) is 2. The fourth-order valence-electron chi connectivity index (χ4n) is 2.79. The molecule has 0 saturated carbocycles. The Balaban J connectivity index is 1.73. The number of carbonyl (C=O) groups excluding carboxylic acids is 2. The molecule has 0 unspecified atom stereocenters. The number of carbonyl (C=O) groups is 2. The molecule has 0 aliphatic rings. The third-order valence-electron chi connectivity index (χ3n) is 4.30. The van der Waals surface area contributed by atoms with Crippen molar-refractivity contribution in [3.8, 4) is 20.5 Å². The van der Waals surface area contributed by atoms with Crippen LogP contribution >= 0.6 is 22.7 Å². The van der Waals surface area contributed by atoms with Crippen molar-refractivity contribution < 1.29 is 9.59 Å². The summed E-state index contributed by atoms with van der Waals surface area (Å²) in [4.78, 5) is 34.1. The number of hydrogen-bond donors (Lipinski definition) is 0. The van der Waals surface area contributed by atoms with Gasteiger partial charge in [-0.25, -0.2) is 9.97 Å². The SMILES string of the molecule is CCC(=O)CCCCCC(=O)c1nc(-c2nccs2)sc1-c1ccccc1. The van der Waals surface area contributed by atoms with Gasteiger partial charge in [0.15, 0.2) is 15.8 Å². The van der Waals surface area contributed by atoms with E-state index in [1.54, 1.807) is 6.20 Å². The molecule has 4 nitrogen and oxygen atoms in total. The van der Waals surface area contributed by atoms with Crippen LogP contribution in [0.5, 0.6) is 0 Å². The zero-order valence-corrected chi connectivity index (χ0v) is 16.9. The van der Waals surface area contributed by atoms with Crippen LogP contribution in [0, 0.1) is 0 Å². The van der Waals surface area contributed by atoms with Crippen LogP contribution in [-0.2, 0) is 4.79 Å². The lowest BCUT2D eigenvalue weighted by Gasteiger charge is -2.02. The molecule has 0 saturated heterocycles. The molecular formula is C21H22N2O2S2. The van der Waals surface area contributed by atoms with Gasteiger partial charge >= 0.3 is 0 Å². The molecule has 0 bridgehead atoms. The van der Waals surface area contributed by atoms with E-state index in [9.17, 15) is 9.59 Å². The molecule has 3 rings (SSSR count). The summed E-state index contributed by atoms with van der Waals surface area (Å²) in [6.45, 7) is 1.89. The quantitative estimate of drug-likeness (QED) is 0.308. The first-order chi connectivity index (χ1) is 13.2. The smallest absolute Gasteiger partial charge is 0.182 e. The average molecular weight is 399 g/mol. The molecule has 6 heteroatoms. The highest BCUT2D eigenvalue weighted by atomic mass is 32.1. The molecule has 2 heterocycles. The van der Waals surface area contributed by atoms with Crippen molar-refractivity contribution >= 4 is 34.2 Å². The van der Waals surface area contributed by atoms with E-state index in [0.717, 1.165) is 39.7 Å². The maximum atomic E-state index is 12.8. The highest BCUT2D eigenvalue weighted by Crippen LogP contribution is 2.36. The summed E-state index contributed by atoms with van der Waals surface area (Å²) in [6.07, 6.45) is 5.95. The van der Waals surface area contributed by atoms with Gasteiger partial charge in [-0.2, -0.15) is 0 Å². The Kier molecular flexibility index (Phi) is 7.01. The Hall–Kier alpha value is -2.18. The molecular weight excluding hydrogens is 376 g/mol. The molecule has 0 spiro atoms. The van der Waals surface area contributed by atoms with E-state index in [0.29, 0.717) is 30.7 Å². The first kappa shape index (κ1) is 19.6. The van der Waals surface area contributed by atoms with Crippen molar-refractivity contribution in [2.75, 3.05) is 0 Å². The lowest BCUT2D eigenvalue weighted by Crippen LogP contribution is -2.02. The number of hydrogen-bond acceptors (Lipinski definition) is 6. The van der Waals surface area contributed by atoms with Gasteiger partial charge in [-0.3, -0.25) is 9.59 Å². The summed E-state index contributed by atoms with van der Waals surface area (Å²) in [5.41, 5.74) is 1.55. The highest BCUT2D eigenvalue weighted by Gasteiger charge is 2.20. The van der Waals surface area contributed by atoms with Crippen LogP contribution in [0.4, 0.5) is 0 Å². The average Bonchev–Trinajstić information content (AvgIpc) is 3.37. The van der Waals surface area contributed by atoms with Gasteiger partial charge in [-0.1, -0.05) is 43.7 Å². The predicted octanol–water partition coefficient (Wildman–Crippen LogP) is 6.05. The van der Waals surface area contributed by atoms with Crippen molar-refractivity contribution in [3.05, 3.63) is 47.6 Å². The van der Waals surface area contributed by atoms with Crippen molar-refractivity contribution in [3.63, 3.8) is 0 Å². The Bertz CT molecular complexity index is 886. The number of Topliss-reactive ketones (excluding diaryl/α,β-unsaturated/α-hetero) is 2. The van der Waals surface area contributed by atoms with Gasteiger partial charge < -0.3 is 0 Å². The topological polar surface area (TPSA) is 59.9 Å². The number of unbranched alkanes of at least 4 members (excludes halogenated alkanes) is 2. The molecule has 2 aromatic heterocycles. The zero-order chi connectivity index (χ0) is 19.1. The number of benzene rings is 1. The predicted molar refractivity (Wildman–Crippen MR) is 111 cm³/mol. The Morgan fingerprint density at radius 2 is 1.78 bits per heavy atom. The van der Waals surface area contributed by atoms with Crippen LogP contribution in [0.15, 0.2) is 41.9 Å². The van der Waals surface area contributed by atoms with Gasteiger partial charge in [-0.15, -0.1) is 22.7 Å². The number of aromatic nitrogens is 2. The molecule has 1 aromatic carbocycles. The minimum absolute atomic E-state index is 0.0646. The summed E-state index contributed by atoms with van der Waals surface area (Å²) >= 11 is 3.05. The van der Waals surface area contributed by atoms with Gasteiger partial charge in [0.05, 0.1) is 4.88 Å². The molecule has 0 aliphatic heterocycles. The maximum Gasteiger partial charge on any atom is 0.182 e. The van der Waals surface area contributed by atoms with Gasteiger partial charge in [0, 0.05) is 30.8 Å². The second-order valence-electron chi connectivity index (χ2n) is 6.28. The second kappa shape index (κ2) is 9.67. The second-order valence-corrected chi connectivity index (χ2v) is 8.17. The summed E-state index contributed by atoms with van der Waals surface area (Å²) in [5, 5.41) is 3.55. The fourth-order valence-corrected chi connectivity index (χ4v) is 4.56. The van der Waals surface area contributed by atoms with Gasteiger partial charge in [0.2, 0.25) is 0 Å². The zero-order valence-electron chi connectivity index (χ0n) is 15.3. The molecule has 0 N–H and O–H groups in total. The van der Waals surface area contributed by atoms with E-state index in [-0.39, 0.29) is 5.78 Å². The molecule has 0 amide bonds. The summed E-state index contributed by atoms with van der Waals surface area (Å²) in [5.74, 6) is 0.356. The van der Waals surface area contributed by atoms with E-state index in [2.05, 4.69) is 9.97 Å². The number of thiazole rings is 2. The van der Waals surface area contributed by atoms with E-state index in [4.69, 9.17) is 0 Å². The number of ketones is 2. The van der Waals surface area contributed by atoms with Crippen molar-refractivity contribution in [2.45, 2.75) is 45.4 Å². The van der Waals surface area contributed by atoms with E-state index in [1.165, 1.54) is 22.7 Å². The molecule has 0 atom stereocenters. The molecule has 27 heavy (non-hydrogen) atoms. The maximum absolute atomic E-state index is 12.8. The summed E-state index contributed by atoms with van der Waals surface area (Å²) < 4.78 is 0. The van der Waals surface area contributed by atoms with Crippen LogP contribution in [0.2, 0.25) is 0 Å². The van der Waals surface area contributed by atoms with Crippen LogP contribution in [0.1, 0.15) is 55.9 Å². The Morgan fingerprint density at radius 1 is 1.00 bits per heavy atom. The molecule has 140 valence electrons. The van der Waals surface area contributed by atoms with E-state index >= 15 is 0 Å². The third kappa shape index (κ3) is 5.17. The van der Waals surface area contributed by atoms with Gasteiger partial charge in [0.25, 0.3) is 0 Å². The first-order valence-electron chi connectivity index (χ1n) is 9.20. The number of rotatable bonds is 10. The monoisotopic (exact) mass is 398 g/mol. The third-order valence-corrected chi connectivity index (χ3v) is 6.32. The van der Waals surface area contributed by atoms with Gasteiger partial charge in [0.1, 0.15) is 11.5 Å². The largest absolute Gasteiger partial charge is 0.300 e. The molecule has 3 aromatic rings. The van der Waals surface area contributed by atoms with Crippen molar-refractivity contribution in [1.29, 1.82) is 0 Å². The minimum atomic E-state index is 0.0646. The first-order valence-corrected chi connectivity index (χ1v) is 10.9. The van der Waals surface area contributed by atoms with Crippen LogP contribution < -0.4 is 0 Å². The minimum Gasteiger partial charge on any atom is -0.300 e. The standard InChI is InChI=1S/C21H22N2O2S2/c1-2-16(24)11-7-4-8-12-17(25)18-19(15-9-5-3-6-10-15)27-21(23-18)20-22-13-14-26-20/h3,5-6,9-10,13-14H,2,4,7-8,11-12H2,1H3.